The molecule has 1 aliphatic rings. The molecule has 2 rings (SSSR count). The molecule has 1 aromatic heterocycles. The number of carbonyl (C=O) groups is 1. The fourth-order valence-corrected chi connectivity index (χ4v) is 1.80. The summed E-state index contributed by atoms with van der Waals surface area (Å²) in [5.74, 6) is -0.145. The van der Waals surface area contributed by atoms with Crippen molar-refractivity contribution < 1.29 is 9.72 Å². The summed E-state index contributed by atoms with van der Waals surface area (Å²) in [4.78, 5) is 33.2. The molecule has 1 aromatic rings. The van der Waals surface area contributed by atoms with Crippen LogP contribution in [-0.4, -0.2) is 33.9 Å². The van der Waals surface area contributed by atoms with Crippen LogP contribution in [0.2, 0.25) is 0 Å². The molecule has 1 fully saturated rings. The maximum absolute atomic E-state index is 11.7. The molecule has 1 unspecified atom stereocenters. The molecule has 98 valence electrons. The Hall–Kier alpha value is -2.74. The molecule has 10 heteroatoms. The molecule has 19 heavy (non-hydrogen) atoms. The van der Waals surface area contributed by atoms with E-state index in [2.05, 4.69) is 20.0 Å². The van der Waals surface area contributed by atoms with Crippen LogP contribution in [0.4, 0.5) is 11.6 Å². The summed E-state index contributed by atoms with van der Waals surface area (Å²) in [6.45, 7) is 0.571. The lowest BCUT2D eigenvalue weighted by atomic mass is 10.1. The Balaban J connectivity index is 2.11. The van der Waals surface area contributed by atoms with Gasteiger partial charge in [0.2, 0.25) is 11.9 Å². The van der Waals surface area contributed by atoms with Crippen molar-refractivity contribution >= 4 is 17.5 Å². The van der Waals surface area contributed by atoms with Gasteiger partial charge in [0.05, 0.1) is 4.92 Å². The Morgan fingerprint density at radius 1 is 1.58 bits per heavy atom. The second-order valence-electron chi connectivity index (χ2n) is 3.99. The van der Waals surface area contributed by atoms with E-state index in [-0.39, 0.29) is 36.4 Å². The number of aromatic nitrogens is 2. The number of hydrogen-bond acceptors (Lipinski definition) is 6. The molecule has 0 N–H and O–H groups in total. The highest BCUT2D eigenvalue weighted by Gasteiger charge is 2.31. The van der Waals surface area contributed by atoms with Crippen molar-refractivity contribution in [2.24, 2.45) is 11.0 Å². The van der Waals surface area contributed by atoms with Crippen molar-refractivity contribution in [3.8, 4) is 0 Å². The molecule has 0 spiro atoms. The summed E-state index contributed by atoms with van der Waals surface area (Å²) in [5, 5.41) is 13.9. The van der Waals surface area contributed by atoms with E-state index >= 15 is 0 Å². The summed E-state index contributed by atoms with van der Waals surface area (Å²) in [7, 11) is 0. The Bertz CT molecular complexity index is 551. The van der Waals surface area contributed by atoms with Gasteiger partial charge < -0.3 is 0 Å². The lowest BCUT2D eigenvalue weighted by molar-refractivity contribution is -0.385. The van der Waals surface area contributed by atoms with Crippen LogP contribution >= 0.6 is 0 Å². The second-order valence-corrected chi connectivity index (χ2v) is 3.99. The summed E-state index contributed by atoms with van der Waals surface area (Å²) < 4.78 is 0. The molecule has 0 saturated carbocycles. The van der Waals surface area contributed by atoms with Gasteiger partial charge in [-0.05, 0) is 11.4 Å². The molecule has 1 saturated heterocycles. The molecule has 10 nitrogen and oxygen atoms in total. The number of rotatable bonds is 4. The van der Waals surface area contributed by atoms with Crippen molar-refractivity contribution in [3.05, 3.63) is 33.0 Å². The van der Waals surface area contributed by atoms with Gasteiger partial charge in [0, 0.05) is 24.4 Å². The van der Waals surface area contributed by atoms with E-state index in [0.29, 0.717) is 6.54 Å². The third-order valence-corrected chi connectivity index (χ3v) is 2.69. The maximum Gasteiger partial charge on any atom is 0.305 e. The van der Waals surface area contributed by atoms with Crippen LogP contribution in [0.25, 0.3) is 10.4 Å². The SMILES string of the molecule is [N-]=[N+]=NCC1CC(=O)N(c2ncc([N+](=O)[O-])cn2)C1. The van der Waals surface area contributed by atoms with E-state index in [9.17, 15) is 14.9 Å². The maximum atomic E-state index is 11.7. The zero-order chi connectivity index (χ0) is 13.8. The average molecular weight is 263 g/mol. The smallest absolute Gasteiger partial charge is 0.280 e. The summed E-state index contributed by atoms with van der Waals surface area (Å²) in [5.41, 5.74) is 7.99. The van der Waals surface area contributed by atoms with Crippen LogP contribution in [0.15, 0.2) is 17.5 Å². The van der Waals surface area contributed by atoms with Gasteiger partial charge in [0.25, 0.3) is 0 Å². The first kappa shape index (κ1) is 12.7. The number of anilines is 1. The van der Waals surface area contributed by atoms with E-state index in [1.54, 1.807) is 0 Å². The van der Waals surface area contributed by atoms with Crippen LogP contribution in [-0.2, 0) is 4.79 Å². The molecule has 2 heterocycles. The predicted octanol–water partition coefficient (Wildman–Crippen LogP) is 1.05. The fraction of sp³-hybridized carbons (Fsp3) is 0.444. The average Bonchev–Trinajstić information content (AvgIpc) is 2.77. The monoisotopic (exact) mass is 263 g/mol. The number of azide groups is 1. The van der Waals surface area contributed by atoms with Gasteiger partial charge in [-0.15, -0.1) is 0 Å². The van der Waals surface area contributed by atoms with Crippen molar-refractivity contribution in [1.82, 2.24) is 9.97 Å². The van der Waals surface area contributed by atoms with Gasteiger partial charge in [-0.25, -0.2) is 9.97 Å². The van der Waals surface area contributed by atoms with Crippen molar-refractivity contribution in [2.45, 2.75) is 6.42 Å². The standard InChI is InChI=1S/C9H9N7O3/c10-14-13-2-6-1-8(17)15(5-6)9-11-3-7(4-12-9)16(18)19/h3-4,6H,1-2,5H2. The van der Waals surface area contributed by atoms with Crippen molar-refractivity contribution in [3.63, 3.8) is 0 Å². The minimum atomic E-state index is -0.611. The predicted molar refractivity (Wildman–Crippen MR) is 63.2 cm³/mol. The van der Waals surface area contributed by atoms with Gasteiger partial charge in [-0.1, -0.05) is 5.11 Å². The number of nitrogens with zero attached hydrogens (tertiary/aromatic N) is 7. The molecular formula is C9H9N7O3. The molecule has 0 bridgehead atoms. The third-order valence-electron chi connectivity index (χ3n) is 2.69. The first-order valence-corrected chi connectivity index (χ1v) is 5.39. The van der Waals surface area contributed by atoms with Crippen LogP contribution in [0.1, 0.15) is 6.42 Å². The lowest BCUT2D eigenvalue weighted by Crippen LogP contribution is -2.26. The van der Waals surface area contributed by atoms with E-state index in [1.807, 2.05) is 0 Å². The molecule has 1 atom stereocenters. The highest BCUT2D eigenvalue weighted by atomic mass is 16.6. The lowest BCUT2D eigenvalue weighted by Gasteiger charge is -2.13. The zero-order valence-electron chi connectivity index (χ0n) is 9.71. The molecule has 1 aliphatic heterocycles. The summed E-state index contributed by atoms with van der Waals surface area (Å²) in [6, 6.07) is 0. The quantitative estimate of drug-likeness (QED) is 0.262. The second kappa shape index (κ2) is 5.27. The van der Waals surface area contributed by atoms with Crippen LogP contribution in [0.3, 0.4) is 0 Å². The van der Waals surface area contributed by atoms with E-state index in [4.69, 9.17) is 5.53 Å². The minimum absolute atomic E-state index is 0.0813. The minimum Gasteiger partial charge on any atom is -0.280 e. The number of nitro groups is 1. The van der Waals surface area contributed by atoms with E-state index < -0.39 is 4.92 Å². The van der Waals surface area contributed by atoms with Crippen LogP contribution < -0.4 is 4.90 Å². The summed E-state index contributed by atoms with van der Waals surface area (Å²) in [6.07, 6.45) is 2.35. The van der Waals surface area contributed by atoms with Gasteiger partial charge in [0.1, 0.15) is 12.4 Å². The molecule has 0 radical (unpaired) electrons. The Labute approximate surface area is 106 Å². The number of amides is 1. The van der Waals surface area contributed by atoms with Gasteiger partial charge >= 0.3 is 5.69 Å². The fourth-order valence-electron chi connectivity index (χ4n) is 1.80. The molecule has 0 aliphatic carbocycles. The van der Waals surface area contributed by atoms with Crippen molar-refractivity contribution in [1.29, 1.82) is 0 Å². The highest BCUT2D eigenvalue weighted by molar-refractivity contribution is 5.94. The van der Waals surface area contributed by atoms with E-state index in [1.165, 1.54) is 4.90 Å². The molecule has 1 amide bonds. The first-order chi connectivity index (χ1) is 9.11. The Kier molecular flexibility index (Phi) is 3.53. The Morgan fingerprint density at radius 2 is 2.26 bits per heavy atom. The number of hydrogen-bond donors (Lipinski definition) is 0. The van der Waals surface area contributed by atoms with Gasteiger partial charge in [-0.2, -0.15) is 0 Å². The highest BCUT2D eigenvalue weighted by Crippen LogP contribution is 2.22. The summed E-state index contributed by atoms with van der Waals surface area (Å²) >= 11 is 0. The topological polar surface area (TPSA) is 138 Å². The van der Waals surface area contributed by atoms with Crippen molar-refractivity contribution in [2.75, 3.05) is 18.0 Å². The largest absolute Gasteiger partial charge is 0.305 e. The normalized spacial score (nSPS) is 18.2. The van der Waals surface area contributed by atoms with Crippen LogP contribution in [0, 0.1) is 16.0 Å². The number of carbonyl (C=O) groups excluding carboxylic acids is 1. The third kappa shape index (κ3) is 2.75. The Morgan fingerprint density at radius 3 is 2.84 bits per heavy atom. The molecule has 0 aromatic carbocycles. The van der Waals surface area contributed by atoms with Crippen LogP contribution in [0.5, 0.6) is 0 Å². The first-order valence-electron chi connectivity index (χ1n) is 5.39. The molecular weight excluding hydrogens is 254 g/mol. The van der Waals surface area contributed by atoms with Gasteiger partial charge in [0.15, 0.2) is 0 Å². The van der Waals surface area contributed by atoms with E-state index in [0.717, 1.165) is 12.4 Å². The zero-order valence-corrected chi connectivity index (χ0v) is 9.71. The van der Waals surface area contributed by atoms with Gasteiger partial charge in [-0.3, -0.25) is 19.8 Å².